The van der Waals surface area contributed by atoms with Crippen LogP contribution < -0.4 is 5.32 Å². The van der Waals surface area contributed by atoms with Crippen LogP contribution in [0.1, 0.15) is 6.42 Å². The Bertz CT molecular complexity index is 119. The number of carbonyl (C=O) groups excluding carboxylic acids is 1. The van der Waals surface area contributed by atoms with Crippen molar-refractivity contribution in [2.45, 2.75) is 12.5 Å². The third-order valence-corrected chi connectivity index (χ3v) is 2.09. The molecule has 0 heterocycles. The first-order valence-corrected chi connectivity index (χ1v) is 4.89. The van der Waals surface area contributed by atoms with Crippen LogP contribution in [-0.4, -0.2) is 38.2 Å². The van der Waals surface area contributed by atoms with E-state index in [9.17, 15) is 4.79 Å². The molecule has 0 bridgehead atoms. The molecule has 1 atom stereocenters. The molecule has 66 valence electrons. The SMILES string of the molecule is CNC(CCSC)C(=O)OC. The Hall–Kier alpha value is -0.220. The zero-order valence-electron chi connectivity index (χ0n) is 7.22. The summed E-state index contributed by atoms with van der Waals surface area (Å²) < 4.78 is 4.59. The van der Waals surface area contributed by atoms with Crippen LogP contribution in [-0.2, 0) is 9.53 Å². The monoisotopic (exact) mass is 177 g/mol. The van der Waals surface area contributed by atoms with Crippen LogP contribution >= 0.6 is 11.8 Å². The number of ether oxygens (including phenoxy) is 1. The molecule has 0 aliphatic carbocycles. The van der Waals surface area contributed by atoms with Crippen LogP contribution in [0.15, 0.2) is 0 Å². The number of nitrogens with one attached hydrogen (secondary N) is 1. The lowest BCUT2D eigenvalue weighted by atomic mass is 10.2. The third kappa shape index (κ3) is 4.27. The summed E-state index contributed by atoms with van der Waals surface area (Å²) in [5, 5.41) is 2.90. The maximum absolute atomic E-state index is 11.0. The fraction of sp³-hybridized carbons (Fsp3) is 0.857. The van der Waals surface area contributed by atoms with E-state index in [0.717, 1.165) is 12.2 Å². The fourth-order valence-corrected chi connectivity index (χ4v) is 1.23. The zero-order valence-corrected chi connectivity index (χ0v) is 8.03. The molecule has 1 N–H and O–H groups in total. The molecular weight excluding hydrogens is 162 g/mol. The highest BCUT2D eigenvalue weighted by Gasteiger charge is 2.15. The molecule has 11 heavy (non-hydrogen) atoms. The lowest BCUT2D eigenvalue weighted by Crippen LogP contribution is -2.35. The van der Waals surface area contributed by atoms with E-state index in [1.807, 2.05) is 6.26 Å². The quantitative estimate of drug-likeness (QED) is 0.621. The summed E-state index contributed by atoms with van der Waals surface area (Å²) in [5.41, 5.74) is 0. The Balaban J connectivity index is 3.65. The molecule has 0 radical (unpaired) electrons. The molecule has 0 spiro atoms. The number of hydrogen-bond acceptors (Lipinski definition) is 4. The Morgan fingerprint density at radius 3 is 2.73 bits per heavy atom. The summed E-state index contributed by atoms with van der Waals surface area (Å²) in [6.07, 6.45) is 2.84. The highest BCUT2D eigenvalue weighted by molar-refractivity contribution is 7.98. The minimum absolute atomic E-state index is 0.146. The van der Waals surface area contributed by atoms with E-state index < -0.39 is 0 Å². The van der Waals surface area contributed by atoms with Gasteiger partial charge in [-0.3, -0.25) is 4.79 Å². The van der Waals surface area contributed by atoms with Crippen LogP contribution in [0.25, 0.3) is 0 Å². The molecule has 0 amide bonds. The zero-order chi connectivity index (χ0) is 8.69. The summed E-state index contributed by atoms with van der Waals surface area (Å²) in [6.45, 7) is 0. The minimum Gasteiger partial charge on any atom is -0.468 e. The van der Waals surface area contributed by atoms with Crippen molar-refractivity contribution in [3.8, 4) is 0 Å². The van der Waals surface area contributed by atoms with E-state index in [2.05, 4.69) is 10.1 Å². The van der Waals surface area contributed by atoms with Gasteiger partial charge in [0.15, 0.2) is 0 Å². The van der Waals surface area contributed by atoms with Gasteiger partial charge in [-0.15, -0.1) is 0 Å². The van der Waals surface area contributed by atoms with Crippen LogP contribution in [0.2, 0.25) is 0 Å². The van der Waals surface area contributed by atoms with Gasteiger partial charge in [0.1, 0.15) is 6.04 Å². The van der Waals surface area contributed by atoms with Gasteiger partial charge in [0, 0.05) is 0 Å². The van der Waals surface area contributed by atoms with E-state index >= 15 is 0 Å². The van der Waals surface area contributed by atoms with Gasteiger partial charge in [0.2, 0.25) is 0 Å². The molecule has 0 fully saturated rings. The lowest BCUT2D eigenvalue weighted by molar-refractivity contribution is -0.143. The van der Waals surface area contributed by atoms with Crippen LogP contribution in [0.3, 0.4) is 0 Å². The predicted octanol–water partition coefficient (Wildman–Crippen LogP) is 0.500. The molecule has 0 saturated carbocycles. The smallest absolute Gasteiger partial charge is 0.322 e. The number of carbonyl (C=O) groups is 1. The maximum atomic E-state index is 11.0. The number of esters is 1. The summed E-state index contributed by atoms with van der Waals surface area (Å²) in [6, 6.07) is -0.146. The number of methoxy groups -OCH3 is 1. The van der Waals surface area contributed by atoms with Crippen molar-refractivity contribution in [2.75, 3.05) is 26.2 Å². The highest BCUT2D eigenvalue weighted by Crippen LogP contribution is 2.01. The van der Waals surface area contributed by atoms with Crippen molar-refractivity contribution >= 4 is 17.7 Å². The van der Waals surface area contributed by atoms with Gasteiger partial charge in [0.05, 0.1) is 7.11 Å². The first kappa shape index (κ1) is 10.8. The summed E-state index contributed by atoms with van der Waals surface area (Å²) in [4.78, 5) is 11.0. The Labute approximate surface area is 71.9 Å². The van der Waals surface area contributed by atoms with Gasteiger partial charge in [-0.25, -0.2) is 0 Å². The summed E-state index contributed by atoms with van der Waals surface area (Å²) >= 11 is 1.73. The second-order valence-electron chi connectivity index (χ2n) is 2.15. The average molecular weight is 177 g/mol. The highest BCUT2D eigenvalue weighted by atomic mass is 32.2. The molecule has 0 aliphatic heterocycles. The van der Waals surface area contributed by atoms with Crippen LogP contribution in [0.5, 0.6) is 0 Å². The van der Waals surface area contributed by atoms with Crippen LogP contribution in [0.4, 0.5) is 0 Å². The lowest BCUT2D eigenvalue weighted by Gasteiger charge is -2.11. The van der Waals surface area contributed by atoms with Crippen molar-refractivity contribution < 1.29 is 9.53 Å². The predicted molar refractivity (Wildman–Crippen MR) is 47.9 cm³/mol. The number of rotatable bonds is 5. The summed E-state index contributed by atoms with van der Waals surface area (Å²) in [7, 11) is 3.17. The minimum atomic E-state index is -0.179. The van der Waals surface area contributed by atoms with Gasteiger partial charge in [-0.05, 0) is 25.5 Å². The molecule has 0 aliphatic rings. The molecule has 4 heteroatoms. The second kappa shape index (κ2) is 6.49. The van der Waals surface area contributed by atoms with Crippen molar-refractivity contribution in [3.05, 3.63) is 0 Å². The van der Waals surface area contributed by atoms with E-state index in [4.69, 9.17) is 0 Å². The van der Waals surface area contributed by atoms with Crippen molar-refractivity contribution in [1.29, 1.82) is 0 Å². The maximum Gasteiger partial charge on any atom is 0.322 e. The van der Waals surface area contributed by atoms with Crippen molar-refractivity contribution in [2.24, 2.45) is 0 Å². The molecule has 0 aromatic rings. The van der Waals surface area contributed by atoms with Crippen LogP contribution in [0, 0.1) is 0 Å². The van der Waals surface area contributed by atoms with E-state index in [1.165, 1.54) is 7.11 Å². The second-order valence-corrected chi connectivity index (χ2v) is 3.13. The normalized spacial score (nSPS) is 12.6. The van der Waals surface area contributed by atoms with Gasteiger partial charge >= 0.3 is 5.97 Å². The standard InChI is InChI=1S/C7H15NO2S/c1-8-6(4-5-11-3)7(9)10-2/h6,8H,4-5H2,1-3H3. The molecule has 0 aromatic heterocycles. The molecule has 0 saturated heterocycles. The summed E-state index contributed by atoms with van der Waals surface area (Å²) in [5.74, 6) is 0.794. The molecule has 0 aromatic carbocycles. The molecule has 0 rings (SSSR count). The molecular formula is C7H15NO2S. The third-order valence-electron chi connectivity index (χ3n) is 1.44. The van der Waals surface area contributed by atoms with Gasteiger partial charge in [-0.1, -0.05) is 0 Å². The van der Waals surface area contributed by atoms with E-state index in [1.54, 1.807) is 18.8 Å². The Kier molecular flexibility index (Phi) is 6.36. The first-order valence-electron chi connectivity index (χ1n) is 3.50. The number of hydrogen-bond donors (Lipinski definition) is 1. The molecule has 3 nitrogen and oxygen atoms in total. The Morgan fingerprint density at radius 2 is 2.36 bits per heavy atom. The number of likely N-dealkylation sites (N-methyl/N-ethyl adjacent to an activating group) is 1. The fourth-order valence-electron chi connectivity index (χ4n) is 0.758. The van der Waals surface area contributed by atoms with Gasteiger partial charge in [-0.2, -0.15) is 11.8 Å². The van der Waals surface area contributed by atoms with Gasteiger partial charge < -0.3 is 10.1 Å². The first-order chi connectivity index (χ1) is 5.26. The van der Waals surface area contributed by atoms with E-state index in [0.29, 0.717) is 0 Å². The topological polar surface area (TPSA) is 38.3 Å². The van der Waals surface area contributed by atoms with Crippen molar-refractivity contribution in [3.63, 3.8) is 0 Å². The van der Waals surface area contributed by atoms with Gasteiger partial charge in [0.25, 0.3) is 0 Å². The Morgan fingerprint density at radius 1 is 1.73 bits per heavy atom. The molecule has 1 unspecified atom stereocenters. The average Bonchev–Trinajstić information content (AvgIpc) is 2.05. The van der Waals surface area contributed by atoms with E-state index in [-0.39, 0.29) is 12.0 Å². The largest absolute Gasteiger partial charge is 0.468 e. The number of thioether (sulfide) groups is 1. The van der Waals surface area contributed by atoms with Crippen molar-refractivity contribution in [1.82, 2.24) is 5.32 Å².